The van der Waals surface area contributed by atoms with Crippen LogP contribution in [-0.2, 0) is 4.79 Å². The topological polar surface area (TPSA) is 26.3 Å². The van der Waals surface area contributed by atoms with Crippen molar-refractivity contribution in [1.29, 1.82) is 0 Å². The van der Waals surface area contributed by atoms with Crippen molar-refractivity contribution in [2.24, 2.45) is 0 Å². The van der Waals surface area contributed by atoms with E-state index in [9.17, 15) is 9.18 Å². The summed E-state index contributed by atoms with van der Waals surface area (Å²) in [6.45, 7) is 1.47. The minimum Gasteiger partial charge on any atom is -0.454 e. The normalized spacial score (nSPS) is 10.8. The van der Waals surface area contributed by atoms with Crippen LogP contribution in [0.25, 0.3) is 6.08 Å². The third-order valence-electron chi connectivity index (χ3n) is 2.53. The number of hydrogen-bond donors (Lipinski definition) is 0. The number of para-hydroxylation sites is 1. The smallest absolute Gasteiger partial charge is 0.166 e. The molecule has 2 rings (SSSR count). The van der Waals surface area contributed by atoms with Crippen molar-refractivity contribution in [3.63, 3.8) is 0 Å². The van der Waals surface area contributed by atoms with Gasteiger partial charge in [0.25, 0.3) is 0 Å². The molecule has 20 heavy (non-hydrogen) atoms. The minimum atomic E-state index is -0.454. The SMILES string of the molecule is CC(=O)/C=C\c1ccccc1Oc1ccc(Br)cc1F. The zero-order valence-electron chi connectivity index (χ0n) is 10.8. The predicted molar refractivity (Wildman–Crippen MR) is 80.3 cm³/mol. The summed E-state index contributed by atoms with van der Waals surface area (Å²) < 4.78 is 20.0. The standard InChI is InChI=1S/C16H12BrFO2/c1-11(19)6-7-12-4-2-3-5-15(12)20-16-9-8-13(17)10-14(16)18/h2-10H,1H3/b7-6-. The molecular formula is C16H12BrFO2. The maximum atomic E-state index is 13.8. The van der Waals surface area contributed by atoms with Crippen LogP contribution in [0, 0.1) is 5.82 Å². The van der Waals surface area contributed by atoms with Crippen molar-refractivity contribution < 1.29 is 13.9 Å². The van der Waals surface area contributed by atoms with E-state index in [1.807, 2.05) is 6.07 Å². The third-order valence-corrected chi connectivity index (χ3v) is 3.02. The molecule has 102 valence electrons. The van der Waals surface area contributed by atoms with Gasteiger partial charge in [0, 0.05) is 10.0 Å². The first-order valence-electron chi connectivity index (χ1n) is 5.97. The molecule has 0 fully saturated rings. The first-order valence-corrected chi connectivity index (χ1v) is 6.76. The highest BCUT2D eigenvalue weighted by atomic mass is 79.9. The van der Waals surface area contributed by atoms with E-state index in [0.29, 0.717) is 15.8 Å². The molecule has 0 saturated carbocycles. The fraction of sp³-hybridized carbons (Fsp3) is 0.0625. The summed E-state index contributed by atoms with van der Waals surface area (Å²) in [6, 6.07) is 11.7. The summed E-state index contributed by atoms with van der Waals surface area (Å²) in [4.78, 5) is 11.0. The van der Waals surface area contributed by atoms with Crippen molar-refractivity contribution in [2.75, 3.05) is 0 Å². The molecule has 0 atom stereocenters. The second kappa shape index (κ2) is 6.48. The number of carbonyl (C=O) groups excluding carboxylic acids is 1. The Bertz CT molecular complexity index is 665. The Morgan fingerprint density at radius 3 is 2.65 bits per heavy atom. The van der Waals surface area contributed by atoms with Gasteiger partial charge < -0.3 is 4.74 Å². The van der Waals surface area contributed by atoms with E-state index in [0.717, 1.165) is 0 Å². The molecule has 4 heteroatoms. The first-order chi connectivity index (χ1) is 9.56. The number of ether oxygens (including phenoxy) is 1. The van der Waals surface area contributed by atoms with Gasteiger partial charge in [-0.2, -0.15) is 0 Å². The lowest BCUT2D eigenvalue weighted by atomic mass is 10.1. The molecule has 0 aromatic heterocycles. The van der Waals surface area contributed by atoms with E-state index in [2.05, 4.69) is 15.9 Å². The molecule has 0 bridgehead atoms. The van der Waals surface area contributed by atoms with Crippen molar-refractivity contribution in [3.05, 3.63) is 64.4 Å². The van der Waals surface area contributed by atoms with E-state index < -0.39 is 5.82 Å². The van der Waals surface area contributed by atoms with Gasteiger partial charge >= 0.3 is 0 Å². The largest absolute Gasteiger partial charge is 0.454 e. The number of rotatable bonds is 4. The number of benzene rings is 2. The van der Waals surface area contributed by atoms with Crippen LogP contribution in [0.1, 0.15) is 12.5 Å². The quantitative estimate of drug-likeness (QED) is 0.737. The summed E-state index contributed by atoms with van der Waals surface area (Å²) in [6.07, 6.45) is 3.09. The first kappa shape index (κ1) is 14.5. The fourth-order valence-electron chi connectivity index (χ4n) is 1.59. The van der Waals surface area contributed by atoms with E-state index >= 15 is 0 Å². The molecule has 2 aromatic rings. The summed E-state index contributed by atoms with van der Waals surface area (Å²) in [5.74, 6) is 0.113. The van der Waals surface area contributed by atoms with E-state index in [1.165, 1.54) is 19.1 Å². The molecule has 0 aliphatic heterocycles. The van der Waals surface area contributed by atoms with Crippen LogP contribution in [-0.4, -0.2) is 5.78 Å². The Morgan fingerprint density at radius 1 is 1.20 bits per heavy atom. The van der Waals surface area contributed by atoms with Gasteiger partial charge in [0.2, 0.25) is 0 Å². The monoisotopic (exact) mass is 334 g/mol. The number of halogens is 2. The molecule has 2 nitrogen and oxygen atoms in total. The molecule has 0 aliphatic carbocycles. The summed E-state index contributed by atoms with van der Waals surface area (Å²) in [7, 11) is 0. The summed E-state index contributed by atoms with van der Waals surface area (Å²) >= 11 is 3.19. The number of hydrogen-bond acceptors (Lipinski definition) is 2. The maximum absolute atomic E-state index is 13.8. The Kier molecular flexibility index (Phi) is 4.69. The average molecular weight is 335 g/mol. The second-order valence-corrected chi connectivity index (χ2v) is 5.07. The molecule has 0 aliphatic rings. The van der Waals surface area contributed by atoms with Crippen molar-refractivity contribution in [3.8, 4) is 11.5 Å². The van der Waals surface area contributed by atoms with Crippen molar-refractivity contribution >= 4 is 27.8 Å². The van der Waals surface area contributed by atoms with Crippen molar-refractivity contribution in [2.45, 2.75) is 6.92 Å². The van der Waals surface area contributed by atoms with Gasteiger partial charge in [-0.15, -0.1) is 0 Å². The van der Waals surface area contributed by atoms with E-state index in [4.69, 9.17) is 4.74 Å². The lowest BCUT2D eigenvalue weighted by Gasteiger charge is -2.09. The Balaban J connectivity index is 2.31. The zero-order chi connectivity index (χ0) is 14.5. The Morgan fingerprint density at radius 2 is 1.95 bits per heavy atom. The van der Waals surface area contributed by atoms with Gasteiger partial charge in [0.15, 0.2) is 17.3 Å². The third kappa shape index (κ3) is 3.78. The lowest BCUT2D eigenvalue weighted by molar-refractivity contribution is -0.112. The highest BCUT2D eigenvalue weighted by Gasteiger charge is 2.07. The fourth-order valence-corrected chi connectivity index (χ4v) is 1.93. The van der Waals surface area contributed by atoms with Crippen LogP contribution in [0.15, 0.2) is 53.0 Å². The number of ketones is 1. The Labute approximate surface area is 125 Å². The predicted octanol–water partition coefficient (Wildman–Crippen LogP) is 4.98. The maximum Gasteiger partial charge on any atom is 0.166 e. The van der Waals surface area contributed by atoms with Gasteiger partial charge in [-0.3, -0.25) is 4.79 Å². The highest BCUT2D eigenvalue weighted by Crippen LogP contribution is 2.29. The lowest BCUT2D eigenvalue weighted by Crippen LogP contribution is -1.91. The molecule has 0 heterocycles. The molecule has 0 spiro atoms. The molecule has 0 radical (unpaired) electrons. The van der Waals surface area contributed by atoms with Gasteiger partial charge in [-0.05, 0) is 43.3 Å². The van der Waals surface area contributed by atoms with Crippen LogP contribution in [0.2, 0.25) is 0 Å². The summed E-state index contributed by atoms with van der Waals surface area (Å²) in [5, 5.41) is 0. The van der Waals surface area contributed by atoms with Crippen LogP contribution >= 0.6 is 15.9 Å². The minimum absolute atomic E-state index is 0.0605. The Hall–Kier alpha value is -1.94. The molecular weight excluding hydrogens is 323 g/mol. The number of allylic oxidation sites excluding steroid dienone is 1. The molecule has 0 unspecified atom stereocenters. The molecule has 0 saturated heterocycles. The second-order valence-electron chi connectivity index (χ2n) is 4.16. The van der Waals surface area contributed by atoms with Gasteiger partial charge in [-0.25, -0.2) is 4.39 Å². The molecule has 2 aromatic carbocycles. The zero-order valence-corrected chi connectivity index (χ0v) is 12.4. The van der Waals surface area contributed by atoms with E-state index in [-0.39, 0.29) is 11.5 Å². The van der Waals surface area contributed by atoms with Gasteiger partial charge in [0.1, 0.15) is 5.75 Å². The van der Waals surface area contributed by atoms with Crippen LogP contribution in [0.5, 0.6) is 11.5 Å². The molecule has 0 amide bonds. The van der Waals surface area contributed by atoms with Crippen LogP contribution in [0.3, 0.4) is 0 Å². The van der Waals surface area contributed by atoms with Gasteiger partial charge in [-0.1, -0.05) is 34.1 Å². The van der Waals surface area contributed by atoms with Gasteiger partial charge in [0.05, 0.1) is 0 Å². The highest BCUT2D eigenvalue weighted by molar-refractivity contribution is 9.10. The van der Waals surface area contributed by atoms with Crippen LogP contribution < -0.4 is 4.74 Å². The van der Waals surface area contributed by atoms with Crippen LogP contribution in [0.4, 0.5) is 4.39 Å². The molecule has 0 N–H and O–H groups in total. The summed E-state index contributed by atoms with van der Waals surface area (Å²) in [5.41, 5.74) is 0.713. The van der Waals surface area contributed by atoms with E-state index in [1.54, 1.807) is 36.4 Å². The average Bonchev–Trinajstić information content (AvgIpc) is 2.41. The number of carbonyl (C=O) groups is 1. The van der Waals surface area contributed by atoms with Crippen molar-refractivity contribution in [1.82, 2.24) is 0 Å².